The number of nitrogens with two attached hydrogens (primary N) is 1. The van der Waals surface area contributed by atoms with Crippen LogP contribution in [0.4, 0.5) is 15.1 Å². The predicted octanol–water partition coefficient (Wildman–Crippen LogP) is 1.59. The third-order valence-electron chi connectivity index (χ3n) is 3.04. The van der Waals surface area contributed by atoms with Crippen LogP contribution < -0.4 is 15.8 Å². The van der Waals surface area contributed by atoms with Crippen LogP contribution in [0.3, 0.4) is 0 Å². The molecule has 0 radical (unpaired) electrons. The van der Waals surface area contributed by atoms with Gasteiger partial charge in [0, 0.05) is 0 Å². The van der Waals surface area contributed by atoms with Crippen molar-refractivity contribution >= 4 is 43.8 Å². The van der Waals surface area contributed by atoms with Crippen LogP contribution >= 0.6 is 11.3 Å². The van der Waals surface area contributed by atoms with Gasteiger partial charge in [-0.25, -0.2) is 12.8 Å². The van der Waals surface area contributed by atoms with Crippen molar-refractivity contribution in [2.75, 3.05) is 10.0 Å². The van der Waals surface area contributed by atoms with Crippen LogP contribution in [0.15, 0.2) is 34.8 Å². The molecule has 0 saturated carbocycles. The second-order valence-corrected chi connectivity index (χ2v) is 7.35. The number of benzene rings is 1. The number of rotatable bonds is 6. The average molecular weight is 371 g/mol. The summed E-state index contributed by atoms with van der Waals surface area (Å²) in [6, 6.07) is 3.07. The van der Waals surface area contributed by atoms with Crippen LogP contribution in [0, 0.1) is 17.1 Å². The van der Waals surface area contributed by atoms with Gasteiger partial charge in [-0.15, -0.1) is 11.3 Å². The summed E-state index contributed by atoms with van der Waals surface area (Å²) in [6.45, 7) is 1.40. The monoisotopic (exact) mass is 371 g/mol. The third-order valence-corrected chi connectivity index (χ3v) is 5.22. The molecule has 0 bridgehead atoms. The molecule has 0 aliphatic heterocycles. The molecule has 0 aliphatic carbocycles. The Hall–Kier alpha value is -2.53. The highest BCUT2D eigenvalue weighted by molar-refractivity contribution is 7.93. The number of sulfonamides is 1. The molecule has 11 heteroatoms. The molecule has 2 aromatic rings. The van der Waals surface area contributed by atoms with Crippen molar-refractivity contribution in [1.82, 2.24) is 4.98 Å². The van der Waals surface area contributed by atoms with Crippen molar-refractivity contribution in [1.29, 1.82) is 5.41 Å². The zero-order chi connectivity index (χ0) is 17.9. The van der Waals surface area contributed by atoms with Gasteiger partial charge in [0.05, 0.1) is 28.2 Å². The molecule has 0 spiro atoms. The summed E-state index contributed by atoms with van der Waals surface area (Å²) in [7, 11) is -3.97. The molecule has 1 heterocycles. The van der Waals surface area contributed by atoms with E-state index in [0.717, 1.165) is 29.5 Å². The van der Waals surface area contributed by atoms with Crippen LogP contribution in [-0.4, -0.2) is 25.1 Å². The highest BCUT2D eigenvalue weighted by Gasteiger charge is 2.20. The van der Waals surface area contributed by atoms with Gasteiger partial charge in [0.1, 0.15) is 16.7 Å². The summed E-state index contributed by atoms with van der Waals surface area (Å²) in [5, 5.41) is 9.74. The van der Waals surface area contributed by atoms with Gasteiger partial charge in [-0.05, 0) is 25.1 Å². The smallest absolute Gasteiger partial charge is 0.262 e. The number of halogens is 1. The van der Waals surface area contributed by atoms with Crippen LogP contribution in [0.2, 0.25) is 0 Å². The van der Waals surface area contributed by atoms with Crippen LogP contribution in [0.25, 0.3) is 0 Å². The van der Waals surface area contributed by atoms with E-state index >= 15 is 0 Å². The lowest BCUT2D eigenvalue weighted by atomic mass is 10.1. The average Bonchev–Trinajstić information content (AvgIpc) is 3.00. The standard InChI is InChI=1S/C13H14FN5O3S2/c1-7(12(15)16)13(20)18-10-3-2-8(4-9(10)14)24(21,22)19-11-5-17-6-23-11/h2-7,19H,1H3,(H3,15,16)(H,18,20). The van der Waals surface area contributed by atoms with Gasteiger partial charge in [-0.3, -0.25) is 19.9 Å². The van der Waals surface area contributed by atoms with Gasteiger partial charge in [0.25, 0.3) is 10.0 Å². The lowest BCUT2D eigenvalue weighted by Gasteiger charge is -2.12. The molecule has 8 nitrogen and oxygen atoms in total. The number of amidine groups is 1. The van der Waals surface area contributed by atoms with Crippen molar-refractivity contribution in [3.63, 3.8) is 0 Å². The van der Waals surface area contributed by atoms with E-state index in [9.17, 15) is 17.6 Å². The van der Waals surface area contributed by atoms with Crippen molar-refractivity contribution in [2.24, 2.45) is 11.7 Å². The lowest BCUT2D eigenvalue weighted by molar-refractivity contribution is -0.117. The van der Waals surface area contributed by atoms with Gasteiger partial charge < -0.3 is 11.1 Å². The molecule has 2 rings (SSSR count). The zero-order valence-electron chi connectivity index (χ0n) is 12.4. The number of hydrogen-bond acceptors (Lipinski definition) is 6. The molecule has 1 aromatic heterocycles. The molecule has 128 valence electrons. The first kappa shape index (κ1) is 17.8. The quantitative estimate of drug-likeness (QED) is 0.451. The van der Waals surface area contributed by atoms with Gasteiger partial charge in [0.15, 0.2) is 0 Å². The van der Waals surface area contributed by atoms with Crippen LogP contribution in [0.5, 0.6) is 0 Å². The summed E-state index contributed by atoms with van der Waals surface area (Å²) >= 11 is 1.08. The van der Waals surface area contributed by atoms with E-state index in [1.165, 1.54) is 18.6 Å². The summed E-state index contributed by atoms with van der Waals surface area (Å²) < 4.78 is 40.7. The van der Waals surface area contributed by atoms with E-state index in [1.807, 2.05) is 0 Å². The maximum absolute atomic E-state index is 14.1. The highest BCUT2D eigenvalue weighted by Crippen LogP contribution is 2.23. The number of hydrogen-bond donors (Lipinski definition) is 4. The number of nitrogens with zero attached hydrogens (tertiary/aromatic N) is 1. The number of carbonyl (C=O) groups is 1. The number of thiazole rings is 1. The molecular formula is C13H14FN5O3S2. The van der Waals surface area contributed by atoms with Gasteiger partial charge in [0.2, 0.25) is 5.91 Å². The number of carbonyl (C=O) groups excluding carboxylic acids is 1. The molecule has 5 N–H and O–H groups in total. The number of nitrogens with one attached hydrogen (secondary N) is 3. The second-order valence-electron chi connectivity index (χ2n) is 4.78. The Morgan fingerprint density at radius 3 is 2.71 bits per heavy atom. The van der Waals surface area contributed by atoms with Gasteiger partial charge in [-0.2, -0.15) is 0 Å². The molecule has 1 aromatic carbocycles. The Balaban J connectivity index is 2.20. The van der Waals surface area contributed by atoms with E-state index in [0.29, 0.717) is 5.00 Å². The Labute approximate surface area is 141 Å². The van der Waals surface area contributed by atoms with Crippen molar-refractivity contribution < 1.29 is 17.6 Å². The molecule has 1 atom stereocenters. The van der Waals surface area contributed by atoms with E-state index < -0.39 is 27.7 Å². The normalized spacial score (nSPS) is 12.4. The molecule has 24 heavy (non-hydrogen) atoms. The number of aromatic nitrogens is 1. The fourth-order valence-corrected chi connectivity index (χ4v) is 3.42. The molecular weight excluding hydrogens is 357 g/mol. The summed E-state index contributed by atoms with van der Waals surface area (Å²) in [5.74, 6) is -2.88. The molecule has 0 fully saturated rings. The zero-order valence-corrected chi connectivity index (χ0v) is 14.0. The first-order chi connectivity index (χ1) is 11.2. The second kappa shape index (κ2) is 6.93. The van der Waals surface area contributed by atoms with Crippen LogP contribution in [0.1, 0.15) is 6.92 Å². The summed E-state index contributed by atoms with van der Waals surface area (Å²) in [6.07, 6.45) is 1.33. The minimum atomic E-state index is -3.97. The summed E-state index contributed by atoms with van der Waals surface area (Å²) in [5.41, 5.74) is 6.46. The number of anilines is 2. The van der Waals surface area contributed by atoms with E-state index in [2.05, 4.69) is 15.0 Å². The Kier molecular flexibility index (Phi) is 5.14. The van der Waals surface area contributed by atoms with Crippen molar-refractivity contribution in [3.8, 4) is 0 Å². The topological polar surface area (TPSA) is 138 Å². The van der Waals surface area contributed by atoms with Gasteiger partial charge >= 0.3 is 0 Å². The predicted molar refractivity (Wildman–Crippen MR) is 89.0 cm³/mol. The van der Waals surface area contributed by atoms with Gasteiger partial charge in [-0.1, -0.05) is 0 Å². The Bertz CT molecular complexity index is 868. The fourth-order valence-electron chi connectivity index (χ4n) is 1.60. The van der Waals surface area contributed by atoms with Crippen molar-refractivity contribution in [3.05, 3.63) is 35.7 Å². The minimum Gasteiger partial charge on any atom is -0.387 e. The Morgan fingerprint density at radius 1 is 1.46 bits per heavy atom. The summed E-state index contributed by atoms with van der Waals surface area (Å²) in [4.78, 5) is 15.2. The molecule has 0 aliphatic rings. The SMILES string of the molecule is CC(C(=N)N)C(=O)Nc1ccc(S(=O)(=O)Nc2cncs2)cc1F. The minimum absolute atomic E-state index is 0.204. The maximum atomic E-state index is 14.1. The van der Waals surface area contributed by atoms with Crippen molar-refractivity contribution in [2.45, 2.75) is 11.8 Å². The lowest BCUT2D eigenvalue weighted by Crippen LogP contribution is -2.31. The maximum Gasteiger partial charge on any atom is 0.262 e. The fraction of sp³-hybridized carbons (Fsp3) is 0.154. The number of amides is 1. The first-order valence-corrected chi connectivity index (χ1v) is 8.92. The van der Waals surface area contributed by atoms with E-state index in [1.54, 1.807) is 0 Å². The third kappa shape index (κ3) is 4.06. The van der Waals surface area contributed by atoms with E-state index in [4.69, 9.17) is 11.1 Å². The Morgan fingerprint density at radius 2 is 2.17 bits per heavy atom. The largest absolute Gasteiger partial charge is 0.387 e. The highest BCUT2D eigenvalue weighted by atomic mass is 32.2. The van der Waals surface area contributed by atoms with E-state index in [-0.39, 0.29) is 16.4 Å². The molecule has 1 unspecified atom stereocenters. The molecule has 0 saturated heterocycles. The van der Waals surface area contributed by atoms with Crippen LogP contribution in [-0.2, 0) is 14.8 Å². The molecule has 1 amide bonds. The first-order valence-electron chi connectivity index (χ1n) is 6.56.